The summed E-state index contributed by atoms with van der Waals surface area (Å²) < 4.78 is 18.7. The van der Waals surface area contributed by atoms with E-state index in [0.29, 0.717) is 28.2 Å². The highest BCUT2D eigenvalue weighted by Crippen LogP contribution is 2.31. The standard InChI is InChI=1S/C13H10BrFN2O2/c14-9-6-7(4-5-10(9)15)12-16-13(19-17-12)8-2-1-3-11(8)18/h4-6,8H,1-3H2. The number of Topliss-reactive ketones (excluding diaryl/α,β-unsaturated/α-hetero) is 1. The molecule has 1 aromatic carbocycles. The summed E-state index contributed by atoms with van der Waals surface area (Å²) in [6.07, 6.45) is 2.20. The Morgan fingerprint density at radius 2 is 2.26 bits per heavy atom. The zero-order chi connectivity index (χ0) is 13.4. The summed E-state index contributed by atoms with van der Waals surface area (Å²) in [7, 11) is 0. The average Bonchev–Trinajstić information content (AvgIpc) is 3.01. The van der Waals surface area contributed by atoms with E-state index in [2.05, 4.69) is 26.1 Å². The van der Waals surface area contributed by atoms with Crippen LogP contribution in [0.1, 0.15) is 31.1 Å². The number of rotatable bonds is 2. The van der Waals surface area contributed by atoms with E-state index < -0.39 is 0 Å². The number of hydrogen-bond donors (Lipinski definition) is 0. The van der Waals surface area contributed by atoms with Crippen molar-refractivity contribution in [2.75, 3.05) is 0 Å². The highest BCUT2D eigenvalue weighted by Gasteiger charge is 2.31. The van der Waals surface area contributed by atoms with Gasteiger partial charge in [0.25, 0.3) is 0 Å². The Balaban J connectivity index is 1.92. The summed E-state index contributed by atoms with van der Waals surface area (Å²) in [6.45, 7) is 0. The molecule has 1 heterocycles. The molecule has 2 aromatic rings. The summed E-state index contributed by atoms with van der Waals surface area (Å²) >= 11 is 3.11. The van der Waals surface area contributed by atoms with Crippen molar-refractivity contribution in [3.8, 4) is 11.4 Å². The Morgan fingerprint density at radius 3 is 2.95 bits per heavy atom. The van der Waals surface area contributed by atoms with Gasteiger partial charge >= 0.3 is 0 Å². The number of aromatic nitrogens is 2. The second-order valence-electron chi connectivity index (χ2n) is 4.50. The van der Waals surface area contributed by atoms with E-state index in [9.17, 15) is 9.18 Å². The predicted octanol–water partition coefficient (Wildman–Crippen LogP) is 3.47. The van der Waals surface area contributed by atoms with Gasteiger partial charge in [0.05, 0.1) is 10.4 Å². The summed E-state index contributed by atoms with van der Waals surface area (Å²) in [6, 6.07) is 4.49. The first-order valence-electron chi connectivity index (χ1n) is 5.97. The maximum absolute atomic E-state index is 13.2. The van der Waals surface area contributed by atoms with Crippen LogP contribution in [0, 0.1) is 5.82 Å². The van der Waals surface area contributed by atoms with Crippen LogP contribution in [0.15, 0.2) is 27.2 Å². The summed E-state index contributed by atoms with van der Waals surface area (Å²) in [5.74, 6) is 0.257. The van der Waals surface area contributed by atoms with Crippen molar-refractivity contribution in [2.24, 2.45) is 0 Å². The lowest BCUT2D eigenvalue weighted by molar-refractivity contribution is -0.119. The molecule has 0 aliphatic heterocycles. The van der Waals surface area contributed by atoms with Gasteiger partial charge in [0, 0.05) is 12.0 Å². The van der Waals surface area contributed by atoms with Crippen molar-refractivity contribution in [3.05, 3.63) is 34.4 Å². The largest absolute Gasteiger partial charge is 0.338 e. The molecule has 1 atom stereocenters. The number of nitrogens with zero attached hydrogens (tertiary/aromatic N) is 2. The maximum Gasteiger partial charge on any atom is 0.237 e. The van der Waals surface area contributed by atoms with Crippen molar-refractivity contribution in [1.82, 2.24) is 10.1 Å². The molecule has 1 fully saturated rings. The van der Waals surface area contributed by atoms with Gasteiger partial charge in [-0.2, -0.15) is 4.98 Å². The summed E-state index contributed by atoms with van der Waals surface area (Å²) in [5, 5.41) is 3.85. The Hall–Kier alpha value is -1.56. The molecule has 0 saturated heterocycles. The molecule has 0 amide bonds. The second kappa shape index (κ2) is 4.85. The van der Waals surface area contributed by atoms with Gasteiger partial charge < -0.3 is 4.52 Å². The van der Waals surface area contributed by atoms with Crippen molar-refractivity contribution >= 4 is 21.7 Å². The molecule has 0 N–H and O–H groups in total. The highest BCUT2D eigenvalue weighted by atomic mass is 79.9. The molecular formula is C13H10BrFN2O2. The SMILES string of the molecule is O=C1CCCC1c1nc(-c2ccc(F)c(Br)c2)no1. The minimum atomic E-state index is -0.349. The van der Waals surface area contributed by atoms with Crippen LogP contribution in [-0.4, -0.2) is 15.9 Å². The smallest absolute Gasteiger partial charge is 0.237 e. The van der Waals surface area contributed by atoms with Gasteiger partial charge in [-0.1, -0.05) is 5.16 Å². The predicted molar refractivity (Wildman–Crippen MR) is 69.0 cm³/mol. The van der Waals surface area contributed by atoms with Gasteiger partial charge in [-0.25, -0.2) is 4.39 Å². The van der Waals surface area contributed by atoms with Crippen molar-refractivity contribution in [2.45, 2.75) is 25.2 Å². The molecule has 19 heavy (non-hydrogen) atoms. The molecule has 1 aromatic heterocycles. The fourth-order valence-electron chi connectivity index (χ4n) is 2.21. The molecule has 1 saturated carbocycles. The topological polar surface area (TPSA) is 56.0 Å². The highest BCUT2D eigenvalue weighted by molar-refractivity contribution is 9.10. The lowest BCUT2D eigenvalue weighted by atomic mass is 10.1. The summed E-state index contributed by atoms with van der Waals surface area (Å²) in [5.41, 5.74) is 0.647. The first kappa shape index (κ1) is 12.5. The number of ketones is 1. The second-order valence-corrected chi connectivity index (χ2v) is 5.35. The molecule has 1 aliphatic rings. The third-order valence-electron chi connectivity index (χ3n) is 3.22. The lowest BCUT2D eigenvalue weighted by Gasteiger charge is -1.99. The Labute approximate surface area is 117 Å². The molecule has 1 unspecified atom stereocenters. The molecule has 98 valence electrons. The van der Waals surface area contributed by atoms with Crippen LogP contribution in [0.25, 0.3) is 11.4 Å². The van der Waals surface area contributed by atoms with E-state index in [1.165, 1.54) is 6.07 Å². The molecule has 0 bridgehead atoms. The molecular weight excluding hydrogens is 315 g/mol. The molecule has 6 heteroatoms. The zero-order valence-electron chi connectivity index (χ0n) is 9.90. The van der Waals surface area contributed by atoms with E-state index in [1.54, 1.807) is 12.1 Å². The van der Waals surface area contributed by atoms with Crippen LogP contribution in [0.2, 0.25) is 0 Å². The fraction of sp³-hybridized carbons (Fsp3) is 0.308. The molecule has 0 radical (unpaired) electrons. The minimum absolute atomic E-state index is 0.149. The average molecular weight is 325 g/mol. The van der Waals surface area contributed by atoms with Gasteiger partial charge in [0.1, 0.15) is 11.6 Å². The number of hydrogen-bond acceptors (Lipinski definition) is 4. The van der Waals surface area contributed by atoms with Gasteiger partial charge in [0.15, 0.2) is 0 Å². The Morgan fingerprint density at radius 1 is 1.42 bits per heavy atom. The van der Waals surface area contributed by atoms with E-state index in [0.717, 1.165) is 12.8 Å². The monoisotopic (exact) mass is 324 g/mol. The van der Waals surface area contributed by atoms with Gasteiger partial charge in [-0.05, 0) is 47.0 Å². The fourth-order valence-corrected chi connectivity index (χ4v) is 2.58. The van der Waals surface area contributed by atoms with Crippen LogP contribution in [-0.2, 0) is 4.79 Å². The number of carbonyl (C=O) groups excluding carboxylic acids is 1. The van der Waals surface area contributed by atoms with Crippen LogP contribution >= 0.6 is 15.9 Å². The van der Waals surface area contributed by atoms with Gasteiger partial charge in [-0.3, -0.25) is 4.79 Å². The van der Waals surface area contributed by atoms with E-state index in [-0.39, 0.29) is 17.5 Å². The maximum atomic E-state index is 13.2. The molecule has 3 rings (SSSR count). The van der Waals surface area contributed by atoms with Crippen molar-refractivity contribution in [3.63, 3.8) is 0 Å². The zero-order valence-corrected chi connectivity index (χ0v) is 11.5. The number of carbonyl (C=O) groups is 1. The van der Waals surface area contributed by atoms with Gasteiger partial charge in [-0.15, -0.1) is 0 Å². The molecule has 0 spiro atoms. The van der Waals surface area contributed by atoms with E-state index in [4.69, 9.17) is 4.52 Å². The van der Waals surface area contributed by atoms with Crippen molar-refractivity contribution in [1.29, 1.82) is 0 Å². The van der Waals surface area contributed by atoms with Crippen LogP contribution in [0.4, 0.5) is 4.39 Å². The normalized spacial score (nSPS) is 19.1. The summed E-state index contributed by atoms with van der Waals surface area (Å²) in [4.78, 5) is 15.9. The third kappa shape index (κ3) is 2.32. The van der Waals surface area contributed by atoms with Crippen LogP contribution in [0.5, 0.6) is 0 Å². The quantitative estimate of drug-likeness (QED) is 0.848. The molecule has 1 aliphatic carbocycles. The van der Waals surface area contributed by atoms with Gasteiger partial charge in [0.2, 0.25) is 11.7 Å². The Kier molecular flexibility index (Phi) is 3.18. The van der Waals surface area contributed by atoms with E-state index in [1.807, 2.05) is 0 Å². The van der Waals surface area contributed by atoms with Crippen LogP contribution < -0.4 is 0 Å². The first-order valence-corrected chi connectivity index (χ1v) is 6.76. The van der Waals surface area contributed by atoms with E-state index >= 15 is 0 Å². The third-order valence-corrected chi connectivity index (χ3v) is 3.83. The minimum Gasteiger partial charge on any atom is -0.338 e. The Bertz CT molecular complexity index is 641. The number of halogens is 2. The van der Waals surface area contributed by atoms with Crippen LogP contribution in [0.3, 0.4) is 0 Å². The number of benzene rings is 1. The van der Waals surface area contributed by atoms with Crippen molar-refractivity contribution < 1.29 is 13.7 Å². The molecule has 4 nitrogen and oxygen atoms in total. The lowest BCUT2D eigenvalue weighted by Crippen LogP contribution is -2.04. The first-order chi connectivity index (χ1) is 9.15.